The maximum atomic E-state index is 14.1. The number of carbonyl (C=O) groups is 2. The molecule has 5 heteroatoms. The third-order valence-corrected chi connectivity index (χ3v) is 8.89. The Kier molecular flexibility index (Phi) is 5.43. The normalized spacial score (nSPS) is 28.9. The van der Waals surface area contributed by atoms with Crippen molar-refractivity contribution in [2.75, 3.05) is 0 Å². The third kappa shape index (κ3) is 3.19. The number of esters is 2. The van der Waals surface area contributed by atoms with Crippen molar-refractivity contribution in [3.05, 3.63) is 58.7 Å². The van der Waals surface area contributed by atoms with Gasteiger partial charge in [-0.1, -0.05) is 63.8 Å². The highest BCUT2D eigenvalue weighted by atomic mass is 16.6. The minimum absolute atomic E-state index is 0.0637. The molecule has 35 heavy (non-hydrogen) atoms. The Morgan fingerprint density at radius 2 is 1.26 bits per heavy atom. The summed E-state index contributed by atoms with van der Waals surface area (Å²) >= 11 is 0. The van der Waals surface area contributed by atoms with Crippen molar-refractivity contribution in [2.24, 2.45) is 0 Å². The Bertz CT molecular complexity index is 1090. The van der Waals surface area contributed by atoms with E-state index in [0.717, 1.165) is 72.3 Å². The minimum atomic E-state index is -0.786. The second-order valence-electron chi connectivity index (χ2n) is 10.8. The van der Waals surface area contributed by atoms with Gasteiger partial charge in [-0.05, 0) is 61.8 Å². The fourth-order valence-corrected chi connectivity index (χ4v) is 6.92. The zero-order chi connectivity index (χ0) is 24.2. The minimum Gasteiger partial charge on any atom is -0.485 e. The zero-order valence-corrected chi connectivity index (χ0v) is 20.7. The van der Waals surface area contributed by atoms with E-state index in [-0.39, 0.29) is 24.1 Å². The molecule has 2 aromatic carbocycles. The maximum Gasteiger partial charge on any atom is 0.324 e. The van der Waals surface area contributed by atoms with E-state index in [1.165, 1.54) is 0 Å². The molecule has 0 amide bonds. The summed E-state index contributed by atoms with van der Waals surface area (Å²) in [6, 6.07) is 11.9. The van der Waals surface area contributed by atoms with E-state index < -0.39 is 10.8 Å². The van der Waals surface area contributed by atoms with Gasteiger partial charge in [0.1, 0.15) is 23.7 Å². The molecule has 2 aliphatic carbocycles. The molecule has 4 atom stereocenters. The van der Waals surface area contributed by atoms with Gasteiger partial charge in [0.15, 0.2) is 0 Å². The van der Waals surface area contributed by atoms with Crippen LogP contribution in [0.5, 0.6) is 11.5 Å². The molecule has 4 aliphatic rings. The largest absolute Gasteiger partial charge is 0.485 e. The van der Waals surface area contributed by atoms with Crippen LogP contribution in [0, 0.1) is 0 Å². The molecular weight excluding hydrogens is 440 g/mol. The summed E-state index contributed by atoms with van der Waals surface area (Å²) in [7, 11) is 0. The summed E-state index contributed by atoms with van der Waals surface area (Å²) in [5, 5.41) is 0. The Morgan fingerprint density at radius 3 is 1.69 bits per heavy atom. The molecule has 0 bridgehead atoms. The van der Waals surface area contributed by atoms with Crippen LogP contribution in [0.3, 0.4) is 0 Å². The first-order valence-electron chi connectivity index (χ1n) is 13.4. The topological polar surface area (TPSA) is 61.8 Å². The smallest absolute Gasteiger partial charge is 0.324 e. The van der Waals surface area contributed by atoms with Gasteiger partial charge >= 0.3 is 11.9 Å². The molecule has 4 unspecified atom stereocenters. The van der Waals surface area contributed by atoms with Crippen LogP contribution < -0.4 is 9.47 Å². The van der Waals surface area contributed by atoms with E-state index >= 15 is 0 Å². The summed E-state index contributed by atoms with van der Waals surface area (Å²) in [4.78, 5) is 28.1. The van der Waals surface area contributed by atoms with Gasteiger partial charge < -0.3 is 14.2 Å². The maximum absolute atomic E-state index is 14.1. The standard InChI is InChI=1S/C30H34O5/c1-3-5-15-29(17-13-23-25-19(29)9-7-11-21(25)33-23)27(31)35-28(32)30(16-6-4-2)18-14-24-26-20(30)10-8-12-22(26)34-24/h7-12,23-24H,3-6,13-18H2,1-2H3. The molecule has 0 fully saturated rings. The summed E-state index contributed by atoms with van der Waals surface area (Å²) < 4.78 is 17.8. The average molecular weight is 475 g/mol. The Balaban J connectivity index is 1.36. The van der Waals surface area contributed by atoms with Crippen LogP contribution in [0.1, 0.15) is 113 Å². The molecule has 0 saturated carbocycles. The SMILES string of the molecule is CCCCC1(C(=O)OC(=O)C2(CCCC)CCC3Oc4cccc2c43)CCC2Oc3cccc1c32. The van der Waals surface area contributed by atoms with Crippen LogP contribution in [0.15, 0.2) is 36.4 Å². The average Bonchev–Trinajstić information content (AvgIpc) is 2.84. The van der Waals surface area contributed by atoms with Crippen LogP contribution in [0.2, 0.25) is 0 Å². The van der Waals surface area contributed by atoms with Crippen LogP contribution in [-0.2, 0) is 25.2 Å². The van der Waals surface area contributed by atoms with E-state index in [2.05, 4.69) is 13.8 Å². The summed E-state index contributed by atoms with van der Waals surface area (Å²) in [6.07, 6.45) is 8.16. The number of rotatable bonds is 8. The molecule has 0 aromatic heterocycles. The molecule has 5 nitrogen and oxygen atoms in total. The molecule has 2 aromatic rings. The number of hydrogen-bond donors (Lipinski definition) is 0. The number of carbonyl (C=O) groups excluding carboxylic acids is 2. The predicted molar refractivity (Wildman–Crippen MR) is 132 cm³/mol. The lowest BCUT2D eigenvalue weighted by Crippen LogP contribution is -2.49. The van der Waals surface area contributed by atoms with Crippen molar-refractivity contribution in [3.63, 3.8) is 0 Å². The summed E-state index contributed by atoms with van der Waals surface area (Å²) in [6.45, 7) is 4.27. The molecule has 6 rings (SSSR count). The summed E-state index contributed by atoms with van der Waals surface area (Å²) in [5.41, 5.74) is 2.72. The van der Waals surface area contributed by atoms with Crippen LogP contribution in [0.25, 0.3) is 0 Å². The summed E-state index contributed by atoms with van der Waals surface area (Å²) in [5.74, 6) is 0.986. The molecular formula is C30H34O5. The second kappa shape index (κ2) is 8.39. The van der Waals surface area contributed by atoms with Crippen LogP contribution in [0.4, 0.5) is 0 Å². The Hall–Kier alpha value is -2.82. The van der Waals surface area contributed by atoms with E-state index in [1.807, 2.05) is 36.4 Å². The number of ether oxygens (including phenoxy) is 3. The molecule has 2 aliphatic heterocycles. The van der Waals surface area contributed by atoms with Crippen molar-refractivity contribution in [1.29, 1.82) is 0 Å². The van der Waals surface area contributed by atoms with Gasteiger partial charge in [-0.15, -0.1) is 0 Å². The van der Waals surface area contributed by atoms with Gasteiger partial charge in [0.2, 0.25) is 0 Å². The Labute approximate surface area is 207 Å². The predicted octanol–water partition coefficient (Wildman–Crippen LogP) is 6.77. The van der Waals surface area contributed by atoms with Crippen LogP contribution in [-0.4, -0.2) is 11.9 Å². The third-order valence-electron chi connectivity index (χ3n) is 8.89. The fourth-order valence-electron chi connectivity index (χ4n) is 6.92. The monoisotopic (exact) mass is 474 g/mol. The zero-order valence-electron chi connectivity index (χ0n) is 20.7. The molecule has 0 N–H and O–H groups in total. The number of unbranched alkanes of at least 4 members (excludes halogenated alkanes) is 2. The number of hydrogen-bond acceptors (Lipinski definition) is 5. The van der Waals surface area contributed by atoms with Crippen molar-refractivity contribution >= 4 is 11.9 Å². The molecule has 0 radical (unpaired) electrons. The molecule has 0 spiro atoms. The van der Waals surface area contributed by atoms with E-state index in [1.54, 1.807) is 0 Å². The van der Waals surface area contributed by atoms with Gasteiger partial charge in [-0.2, -0.15) is 0 Å². The highest BCUT2D eigenvalue weighted by Gasteiger charge is 2.55. The fraction of sp³-hybridized carbons (Fsp3) is 0.533. The van der Waals surface area contributed by atoms with Gasteiger partial charge in [-0.3, -0.25) is 9.59 Å². The van der Waals surface area contributed by atoms with Gasteiger partial charge in [0, 0.05) is 11.1 Å². The Morgan fingerprint density at radius 1 is 0.800 bits per heavy atom. The van der Waals surface area contributed by atoms with Crippen molar-refractivity contribution in [2.45, 2.75) is 101 Å². The lowest BCUT2D eigenvalue weighted by atomic mass is 9.64. The lowest BCUT2D eigenvalue weighted by molar-refractivity contribution is -0.170. The van der Waals surface area contributed by atoms with E-state index in [0.29, 0.717) is 25.7 Å². The van der Waals surface area contributed by atoms with Crippen molar-refractivity contribution in [3.8, 4) is 11.5 Å². The molecule has 0 saturated heterocycles. The second-order valence-corrected chi connectivity index (χ2v) is 10.8. The van der Waals surface area contributed by atoms with Crippen molar-refractivity contribution in [1.82, 2.24) is 0 Å². The lowest BCUT2D eigenvalue weighted by Gasteiger charge is -2.47. The van der Waals surface area contributed by atoms with E-state index in [9.17, 15) is 9.59 Å². The first-order valence-corrected chi connectivity index (χ1v) is 13.4. The van der Waals surface area contributed by atoms with Gasteiger partial charge in [-0.25, -0.2) is 0 Å². The molecule has 2 heterocycles. The highest BCUT2D eigenvalue weighted by Crippen LogP contribution is 2.57. The van der Waals surface area contributed by atoms with E-state index in [4.69, 9.17) is 14.2 Å². The highest BCUT2D eigenvalue weighted by molar-refractivity contribution is 5.97. The van der Waals surface area contributed by atoms with Gasteiger partial charge in [0.25, 0.3) is 0 Å². The van der Waals surface area contributed by atoms with Crippen molar-refractivity contribution < 1.29 is 23.8 Å². The van der Waals surface area contributed by atoms with Crippen LogP contribution >= 0.6 is 0 Å². The first kappa shape index (κ1) is 22.6. The first-order chi connectivity index (χ1) is 17.0. The van der Waals surface area contributed by atoms with Gasteiger partial charge in [0.05, 0.1) is 10.8 Å². The molecule has 184 valence electrons. The number of benzene rings is 2. The quantitative estimate of drug-likeness (QED) is 0.312.